The van der Waals surface area contributed by atoms with Crippen molar-refractivity contribution in [2.24, 2.45) is 0 Å². The third-order valence-electron chi connectivity index (χ3n) is 4.10. The molecule has 2 unspecified atom stereocenters. The molecule has 1 fully saturated rings. The molecule has 0 aromatic heterocycles. The van der Waals surface area contributed by atoms with Crippen LogP contribution in [-0.4, -0.2) is 36.0 Å². The van der Waals surface area contributed by atoms with Crippen molar-refractivity contribution in [1.82, 2.24) is 10.6 Å². The molecule has 1 heterocycles. The van der Waals surface area contributed by atoms with Crippen LogP contribution < -0.4 is 16.0 Å². The highest BCUT2D eigenvalue weighted by atomic mass is 35.5. The zero-order valence-corrected chi connectivity index (χ0v) is 14.6. The van der Waals surface area contributed by atoms with Crippen LogP contribution in [-0.2, 0) is 4.79 Å². The van der Waals surface area contributed by atoms with Gasteiger partial charge in [0.15, 0.2) is 0 Å². The van der Waals surface area contributed by atoms with Gasteiger partial charge in [0.25, 0.3) is 5.69 Å². The summed E-state index contributed by atoms with van der Waals surface area (Å²) in [5.74, 6) is 0.0797. The normalized spacial score (nSPS) is 19.9. The Labute approximate surface area is 148 Å². The quantitative estimate of drug-likeness (QED) is 0.396. The fourth-order valence-corrected chi connectivity index (χ4v) is 2.70. The van der Waals surface area contributed by atoms with Crippen molar-refractivity contribution < 1.29 is 9.72 Å². The number of benzene rings is 1. The second-order valence-electron chi connectivity index (χ2n) is 5.89. The van der Waals surface area contributed by atoms with E-state index < -0.39 is 4.92 Å². The maximum Gasteiger partial charge on any atom is 0.269 e. The van der Waals surface area contributed by atoms with E-state index in [0.717, 1.165) is 31.5 Å². The Morgan fingerprint density at radius 3 is 2.71 bits per heavy atom. The maximum atomic E-state index is 11.9. The number of amides is 1. The molecule has 0 bridgehead atoms. The number of nitrogens with one attached hydrogen (secondary N) is 3. The number of hydrogen-bond donors (Lipinski definition) is 3. The maximum absolute atomic E-state index is 11.9. The van der Waals surface area contributed by atoms with Gasteiger partial charge in [0, 0.05) is 42.9 Å². The van der Waals surface area contributed by atoms with Gasteiger partial charge in [-0.3, -0.25) is 14.9 Å². The van der Waals surface area contributed by atoms with Gasteiger partial charge in [-0.2, -0.15) is 0 Å². The van der Waals surface area contributed by atoms with Gasteiger partial charge in [-0.15, -0.1) is 12.4 Å². The first-order valence-corrected chi connectivity index (χ1v) is 8.07. The number of carbonyl (C=O) groups is 1. The number of halogens is 1. The number of nitro groups is 1. The summed E-state index contributed by atoms with van der Waals surface area (Å²) in [7, 11) is 0. The Bertz CT molecular complexity index is 539. The molecular weight excluding hydrogens is 332 g/mol. The number of piperidine rings is 1. The standard InChI is InChI=1S/C16H24N4O3.ClH/c1-12-15(4-2-10-17-12)19-16(21)5-3-11-18-13-6-8-14(9-7-13)20(22)23;/h6-9,12,15,17-18H,2-5,10-11H2,1H3,(H,19,21);1H. The van der Waals surface area contributed by atoms with Crippen LogP contribution >= 0.6 is 12.4 Å². The first-order valence-electron chi connectivity index (χ1n) is 8.07. The van der Waals surface area contributed by atoms with Crippen LogP contribution in [0.1, 0.15) is 32.6 Å². The zero-order chi connectivity index (χ0) is 16.7. The van der Waals surface area contributed by atoms with Gasteiger partial charge in [0.1, 0.15) is 0 Å². The largest absolute Gasteiger partial charge is 0.385 e. The van der Waals surface area contributed by atoms with E-state index in [0.29, 0.717) is 19.0 Å². The lowest BCUT2D eigenvalue weighted by Crippen LogP contribution is -2.51. The smallest absolute Gasteiger partial charge is 0.269 e. The zero-order valence-electron chi connectivity index (χ0n) is 13.8. The van der Waals surface area contributed by atoms with Gasteiger partial charge in [-0.05, 0) is 44.9 Å². The second kappa shape index (κ2) is 10.1. The molecule has 1 aromatic rings. The minimum Gasteiger partial charge on any atom is -0.385 e. The van der Waals surface area contributed by atoms with Crippen LogP contribution in [0.3, 0.4) is 0 Å². The summed E-state index contributed by atoms with van der Waals surface area (Å²) in [5, 5.41) is 20.2. The summed E-state index contributed by atoms with van der Waals surface area (Å²) in [4.78, 5) is 22.1. The summed E-state index contributed by atoms with van der Waals surface area (Å²) >= 11 is 0. The number of non-ortho nitro benzene ring substituents is 1. The van der Waals surface area contributed by atoms with Crippen molar-refractivity contribution in [1.29, 1.82) is 0 Å². The Hall–Kier alpha value is -1.86. The van der Waals surface area contributed by atoms with Crippen LogP contribution in [0.25, 0.3) is 0 Å². The first-order chi connectivity index (χ1) is 11.1. The second-order valence-corrected chi connectivity index (χ2v) is 5.89. The minimum absolute atomic E-state index is 0. The number of nitrogens with zero attached hydrogens (tertiary/aromatic N) is 1. The number of rotatable bonds is 7. The summed E-state index contributed by atoms with van der Waals surface area (Å²) in [6.07, 6.45) is 3.32. The molecule has 0 radical (unpaired) electrons. The summed E-state index contributed by atoms with van der Waals surface area (Å²) in [6, 6.07) is 6.82. The van der Waals surface area contributed by atoms with Crippen molar-refractivity contribution in [3.63, 3.8) is 0 Å². The number of hydrogen-bond acceptors (Lipinski definition) is 5. The first kappa shape index (κ1) is 20.2. The van der Waals surface area contributed by atoms with Crippen molar-refractivity contribution in [2.75, 3.05) is 18.4 Å². The Kier molecular flexibility index (Phi) is 8.49. The van der Waals surface area contributed by atoms with Crippen LogP contribution in [0.4, 0.5) is 11.4 Å². The van der Waals surface area contributed by atoms with E-state index in [2.05, 4.69) is 22.9 Å². The van der Waals surface area contributed by atoms with Gasteiger partial charge < -0.3 is 16.0 Å². The van der Waals surface area contributed by atoms with Crippen LogP contribution in [0.2, 0.25) is 0 Å². The van der Waals surface area contributed by atoms with E-state index in [1.54, 1.807) is 12.1 Å². The summed E-state index contributed by atoms with van der Waals surface area (Å²) < 4.78 is 0. The SMILES string of the molecule is CC1NCCCC1NC(=O)CCCNc1ccc([N+](=O)[O-])cc1.Cl. The van der Waals surface area contributed by atoms with E-state index in [4.69, 9.17) is 0 Å². The van der Waals surface area contributed by atoms with E-state index in [-0.39, 0.29) is 30.0 Å². The van der Waals surface area contributed by atoms with Gasteiger partial charge in [0.05, 0.1) is 4.92 Å². The number of anilines is 1. The van der Waals surface area contributed by atoms with Crippen LogP contribution in [0.5, 0.6) is 0 Å². The van der Waals surface area contributed by atoms with E-state index in [9.17, 15) is 14.9 Å². The van der Waals surface area contributed by atoms with Gasteiger partial charge >= 0.3 is 0 Å². The van der Waals surface area contributed by atoms with Crippen LogP contribution in [0.15, 0.2) is 24.3 Å². The highest BCUT2D eigenvalue weighted by Gasteiger charge is 2.21. The lowest BCUT2D eigenvalue weighted by atomic mass is 10.00. The molecule has 1 amide bonds. The third-order valence-corrected chi connectivity index (χ3v) is 4.10. The van der Waals surface area contributed by atoms with E-state index in [1.165, 1.54) is 12.1 Å². The molecule has 0 spiro atoms. The van der Waals surface area contributed by atoms with E-state index in [1.807, 2.05) is 0 Å². The van der Waals surface area contributed by atoms with Crippen molar-refractivity contribution >= 4 is 29.7 Å². The molecule has 0 aliphatic carbocycles. The molecule has 1 saturated heterocycles. The van der Waals surface area contributed by atoms with Crippen LogP contribution in [0, 0.1) is 10.1 Å². The topological polar surface area (TPSA) is 96.3 Å². The fourth-order valence-electron chi connectivity index (χ4n) is 2.70. The average molecular weight is 357 g/mol. The molecule has 1 aromatic carbocycles. The molecule has 3 N–H and O–H groups in total. The van der Waals surface area contributed by atoms with Crippen molar-refractivity contribution in [3.05, 3.63) is 34.4 Å². The van der Waals surface area contributed by atoms with E-state index >= 15 is 0 Å². The number of nitro benzene ring substituents is 1. The average Bonchev–Trinajstić information content (AvgIpc) is 2.54. The molecule has 1 aliphatic heterocycles. The summed E-state index contributed by atoms with van der Waals surface area (Å²) in [5.41, 5.74) is 0.895. The van der Waals surface area contributed by atoms with Gasteiger partial charge in [0.2, 0.25) is 5.91 Å². The highest BCUT2D eigenvalue weighted by Crippen LogP contribution is 2.15. The Morgan fingerprint density at radius 2 is 2.08 bits per heavy atom. The molecule has 7 nitrogen and oxygen atoms in total. The van der Waals surface area contributed by atoms with Gasteiger partial charge in [-0.25, -0.2) is 0 Å². The molecule has 0 saturated carbocycles. The Morgan fingerprint density at radius 1 is 1.38 bits per heavy atom. The Balaban J connectivity index is 0.00000288. The monoisotopic (exact) mass is 356 g/mol. The minimum atomic E-state index is -0.421. The molecule has 2 rings (SSSR count). The number of carbonyl (C=O) groups excluding carboxylic acids is 1. The predicted octanol–water partition coefficient (Wildman–Crippen LogP) is 2.47. The summed E-state index contributed by atoms with van der Waals surface area (Å²) in [6.45, 7) is 3.77. The lowest BCUT2D eigenvalue weighted by molar-refractivity contribution is -0.384. The lowest BCUT2D eigenvalue weighted by Gasteiger charge is -2.30. The highest BCUT2D eigenvalue weighted by molar-refractivity contribution is 5.85. The molecule has 134 valence electrons. The molecular formula is C16H25ClN4O3. The molecule has 2 atom stereocenters. The molecule has 1 aliphatic rings. The van der Waals surface area contributed by atoms with Crippen molar-refractivity contribution in [3.8, 4) is 0 Å². The predicted molar refractivity (Wildman–Crippen MR) is 96.7 cm³/mol. The van der Waals surface area contributed by atoms with Gasteiger partial charge in [-0.1, -0.05) is 0 Å². The van der Waals surface area contributed by atoms with Crippen molar-refractivity contribution in [2.45, 2.75) is 44.7 Å². The molecule has 24 heavy (non-hydrogen) atoms. The fraction of sp³-hybridized carbons (Fsp3) is 0.562. The third kappa shape index (κ3) is 6.33. The molecule has 8 heteroatoms.